The first kappa shape index (κ1) is 16.3. The Hall–Kier alpha value is -1.08. The number of hydrogen-bond acceptors (Lipinski definition) is 0. The van der Waals surface area contributed by atoms with Gasteiger partial charge in [-0.05, 0) is 93.0 Å². The summed E-state index contributed by atoms with van der Waals surface area (Å²) in [7, 11) is 0. The fourth-order valence-corrected chi connectivity index (χ4v) is 4.28. The summed E-state index contributed by atoms with van der Waals surface area (Å²) in [5, 5.41) is 0. The van der Waals surface area contributed by atoms with Crippen LogP contribution in [0.3, 0.4) is 0 Å². The molecule has 0 radical (unpaired) electrons. The van der Waals surface area contributed by atoms with Crippen molar-refractivity contribution >= 4 is 15.9 Å². The van der Waals surface area contributed by atoms with Crippen LogP contribution in [-0.2, 0) is 0 Å². The fourth-order valence-electron chi connectivity index (χ4n) is 3.10. The van der Waals surface area contributed by atoms with Gasteiger partial charge in [0, 0.05) is 0 Å². The number of alkyl halides is 1. The number of benzene rings is 2. The van der Waals surface area contributed by atoms with E-state index < -0.39 is 0 Å². The van der Waals surface area contributed by atoms with Crippen LogP contribution in [-0.4, -0.2) is 0 Å². The van der Waals surface area contributed by atoms with Crippen molar-refractivity contribution in [1.82, 2.24) is 0 Å². The average Bonchev–Trinajstić information content (AvgIpc) is 2.45. The normalized spacial score (nSPS) is 12.6. The molecule has 0 fully saturated rings. The van der Waals surface area contributed by atoms with E-state index in [1.807, 2.05) is 0 Å². The topological polar surface area (TPSA) is 0 Å². The third-order valence-corrected chi connectivity index (χ3v) is 5.97. The number of rotatable bonds is 2. The van der Waals surface area contributed by atoms with Gasteiger partial charge >= 0.3 is 0 Å². The minimum atomic E-state index is 0.260. The summed E-state index contributed by atoms with van der Waals surface area (Å²) in [6.07, 6.45) is 0. The number of halogens is 1. The van der Waals surface area contributed by atoms with E-state index in [0.29, 0.717) is 0 Å². The lowest BCUT2D eigenvalue weighted by Crippen LogP contribution is -2.07. The Kier molecular flexibility index (Phi) is 4.63. The molecule has 0 N–H and O–H groups in total. The van der Waals surface area contributed by atoms with Crippen molar-refractivity contribution in [2.24, 2.45) is 0 Å². The summed E-state index contributed by atoms with van der Waals surface area (Å²) in [6.45, 7) is 15.6. The van der Waals surface area contributed by atoms with Crippen LogP contribution in [0.1, 0.15) is 54.9 Å². The van der Waals surface area contributed by atoms with E-state index in [-0.39, 0.29) is 4.83 Å². The molecule has 2 aromatic rings. The zero-order valence-electron chi connectivity index (χ0n) is 14.2. The summed E-state index contributed by atoms with van der Waals surface area (Å²) in [5.41, 5.74) is 12.6. The van der Waals surface area contributed by atoms with E-state index in [0.717, 1.165) is 0 Å². The van der Waals surface area contributed by atoms with Gasteiger partial charge in [-0.3, -0.25) is 0 Å². The standard InChI is InChI=1S/C20H25Br/c1-11-8-9-12(2)18(10-11)20(21)19-16(6)14(4)13(3)15(5)17(19)7/h8-10,20H,1-7H3. The van der Waals surface area contributed by atoms with E-state index in [1.165, 1.54) is 50.1 Å². The molecule has 2 rings (SSSR count). The second-order valence-corrected chi connectivity index (χ2v) is 7.18. The van der Waals surface area contributed by atoms with Gasteiger partial charge in [0.2, 0.25) is 0 Å². The maximum absolute atomic E-state index is 3.97. The molecule has 1 heteroatoms. The SMILES string of the molecule is Cc1ccc(C)c(C(Br)c2c(C)c(C)c(C)c(C)c2C)c1. The Labute approximate surface area is 137 Å². The summed E-state index contributed by atoms with van der Waals surface area (Å²) in [5.74, 6) is 0. The van der Waals surface area contributed by atoms with E-state index in [1.54, 1.807) is 0 Å². The Morgan fingerprint density at radius 3 is 1.71 bits per heavy atom. The van der Waals surface area contributed by atoms with Gasteiger partial charge in [0.1, 0.15) is 0 Å². The maximum Gasteiger partial charge on any atom is 0.0652 e. The molecule has 0 aliphatic heterocycles. The number of aryl methyl sites for hydroxylation is 2. The van der Waals surface area contributed by atoms with Crippen LogP contribution in [0.15, 0.2) is 18.2 Å². The molecular formula is C20H25Br. The van der Waals surface area contributed by atoms with Crippen LogP contribution >= 0.6 is 15.9 Å². The molecule has 0 aliphatic carbocycles. The molecule has 0 aromatic heterocycles. The number of hydrogen-bond donors (Lipinski definition) is 0. The van der Waals surface area contributed by atoms with Crippen LogP contribution in [0.5, 0.6) is 0 Å². The molecule has 0 aliphatic rings. The molecule has 0 spiro atoms. The van der Waals surface area contributed by atoms with Gasteiger partial charge in [-0.25, -0.2) is 0 Å². The summed E-state index contributed by atoms with van der Waals surface area (Å²) in [4.78, 5) is 0.260. The molecule has 0 saturated heterocycles. The first-order valence-electron chi connectivity index (χ1n) is 7.53. The van der Waals surface area contributed by atoms with Gasteiger partial charge in [-0.1, -0.05) is 39.7 Å². The van der Waals surface area contributed by atoms with Crippen molar-refractivity contribution in [3.05, 3.63) is 68.3 Å². The second-order valence-electron chi connectivity index (χ2n) is 6.26. The average molecular weight is 345 g/mol. The zero-order valence-corrected chi connectivity index (χ0v) is 15.8. The first-order chi connectivity index (χ1) is 9.75. The van der Waals surface area contributed by atoms with Crippen LogP contribution in [0.25, 0.3) is 0 Å². The van der Waals surface area contributed by atoms with E-state index in [2.05, 4.69) is 82.6 Å². The Bertz CT molecular complexity index is 666. The van der Waals surface area contributed by atoms with Crippen LogP contribution in [0.4, 0.5) is 0 Å². The lowest BCUT2D eigenvalue weighted by molar-refractivity contribution is 1.04. The van der Waals surface area contributed by atoms with Gasteiger partial charge in [-0.2, -0.15) is 0 Å². The Morgan fingerprint density at radius 1 is 0.714 bits per heavy atom. The molecule has 21 heavy (non-hydrogen) atoms. The highest BCUT2D eigenvalue weighted by molar-refractivity contribution is 9.09. The summed E-state index contributed by atoms with van der Waals surface area (Å²) < 4.78 is 0. The predicted molar refractivity (Wildman–Crippen MR) is 96.8 cm³/mol. The third kappa shape index (κ3) is 2.81. The van der Waals surface area contributed by atoms with Crippen LogP contribution in [0.2, 0.25) is 0 Å². The van der Waals surface area contributed by atoms with E-state index in [9.17, 15) is 0 Å². The zero-order chi connectivity index (χ0) is 15.9. The van der Waals surface area contributed by atoms with Crippen molar-refractivity contribution in [2.45, 2.75) is 53.3 Å². The van der Waals surface area contributed by atoms with Crippen molar-refractivity contribution in [3.63, 3.8) is 0 Å². The van der Waals surface area contributed by atoms with Gasteiger partial charge in [0.25, 0.3) is 0 Å². The van der Waals surface area contributed by atoms with E-state index in [4.69, 9.17) is 0 Å². The molecule has 112 valence electrons. The highest BCUT2D eigenvalue weighted by atomic mass is 79.9. The van der Waals surface area contributed by atoms with Gasteiger partial charge in [0.15, 0.2) is 0 Å². The lowest BCUT2D eigenvalue weighted by atomic mass is 9.86. The van der Waals surface area contributed by atoms with Gasteiger partial charge in [-0.15, -0.1) is 0 Å². The fraction of sp³-hybridized carbons (Fsp3) is 0.400. The minimum Gasteiger partial charge on any atom is -0.0786 e. The highest BCUT2D eigenvalue weighted by Gasteiger charge is 2.21. The largest absolute Gasteiger partial charge is 0.0786 e. The van der Waals surface area contributed by atoms with Crippen molar-refractivity contribution in [3.8, 4) is 0 Å². The van der Waals surface area contributed by atoms with Crippen LogP contribution in [0, 0.1) is 48.5 Å². The summed E-state index contributed by atoms with van der Waals surface area (Å²) >= 11 is 3.97. The van der Waals surface area contributed by atoms with Crippen LogP contribution < -0.4 is 0 Å². The molecule has 0 saturated carbocycles. The molecule has 1 unspecified atom stereocenters. The van der Waals surface area contributed by atoms with Crippen molar-refractivity contribution < 1.29 is 0 Å². The quantitative estimate of drug-likeness (QED) is 0.558. The molecule has 0 heterocycles. The molecule has 0 amide bonds. The molecule has 2 aromatic carbocycles. The smallest absolute Gasteiger partial charge is 0.0652 e. The second kappa shape index (κ2) is 5.96. The van der Waals surface area contributed by atoms with E-state index >= 15 is 0 Å². The minimum absolute atomic E-state index is 0.260. The third-order valence-electron chi connectivity index (χ3n) is 5.02. The Morgan fingerprint density at radius 2 is 1.19 bits per heavy atom. The molecule has 1 atom stereocenters. The highest BCUT2D eigenvalue weighted by Crippen LogP contribution is 2.40. The van der Waals surface area contributed by atoms with Crippen molar-refractivity contribution in [2.75, 3.05) is 0 Å². The van der Waals surface area contributed by atoms with Crippen molar-refractivity contribution in [1.29, 1.82) is 0 Å². The maximum atomic E-state index is 3.97. The first-order valence-corrected chi connectivity index (χ1v) is 8.45. The van der Waals surface area contributed by atoms with Gasteiger partial charge in [0.05, 0.1) is 4.83 Å². The summed E-state index contributed by atoms with van der Waals surface area (Å²) in [6, 6.07) is 6.71. The molecule has 0 nitrogen and oxygen atoms in total. The lowest BCUT2D eigenvalue weighted by Gasteiger charge is -2.24. The predicted octanol–water partition coefficient (Wildman–Crippen LogP) is 6.33. The monoisotopic (exact) mass is 344 g/mol. The Balaban J connectivity index is 2.69. The molecule has 0 bridgehead atoms. The molecular weight excluding hydrogens is 320 g/mol. The van der Waals surface area contributed by atoms with Gasteiger partial charge < -0.3 is 0 Å².